The summed E-state index contributed by atoms with van der Waals surface area (Å²) in [5.74, 6) is 0.329. The highest BCUT2D eigenvalue weighted by molar-refractivity contribution is 7.90. The lowest BCUT2D eigenvalue weighted by molar-refractivity contribution is -0.119. The molecule has 1 aromatic heterocycles. The number of carbonyl (C=O) groups excluding carboxylic acids is 1. The van der Waals surface area contributed by atoms with Crippen LogP contribution in [0.4, 0.5) is 0 Å². The number of rotatable bonds is 5. The lowest BCUT2D eigenvalue weighted by Crippen LogP contribution is -2.30. The maximum absolute atomic E-state index is 12.3. The zero-order valence-corrected chi connectivity index (χ0v) is 13.8. The Morgan fingerprint density at radius 1 is 1.17 bits per heavy atom. The van der Waals surface area contributed by atoms with Gasteiger partial charge in [-0.25, -0.2) is 13.1 Å². The van der Waals surface area contributed by atoms with E-state index in [4.69, 9.17) is 9.47 Å². The second kappa shape index (κ2) is 6.59. The number of hydrogen-bond acceptors (Lipinski definition) is 6. The lowest BCUT2D eigenvalue weighted by Gasteiger charge is -2.18. The molecule has 3 rings (SSSR count). The van der Waals surface area contributed by atoms with Crippen LogP contribution in [0.2, 0.25) is 0 Å². The van der Waals surface area contributed by atoms with E-state index in [1.807, 2.05) is 16.8 Å². The fraction of sp³-hybridized carbons (Fsp3) is 0.267. The molecule has 0 saturated heterocycles. The van der Waals surface area contributed by atoms with Crippen LogP contribution in [-0.2, 0) is 21.2 Å². The molecule has 2 heterocycles. The Kier molecular flexibility index (Phi) is 4.53. The van der Waals surface area contributed by atoms with Gasteiger partial charge in [-0.15, -0.1) is 0 Å². The molecule has 2 aromatic rings. The van der Waals surface area contributed by atoms with Crippen LogP contribution < -0.4 is 14.2 Å². The third-order valence-electron chi connectivity index (χ3n) is 3.29. The van der Waals surface area contributed by atoms with Crippen molar-refractivity contribution in [3.8, 4) is 11.5 Å². The predicted octanol–water partition coefficient (Wildman–Crippen LogP) is 1.96. The minimum Gasteiger partial charge on any atom is -0.486 e. The number of sulfonamides is 1. The number of fused-ring (bicyclic) bond motifs is 1. The van der Waals surface area contributed by atoms with Gasteiger partial charge in [0.1, 0.15) is 13.2 Å². The minimum atomic E-state index is -3.92. The highest BCUT2D eigenvalue weighted by atomic mass is 32.2. The monoisotopic (exact) mass is 353 g/mol. The van der Waals surface area contributed by atoms with Gasteiger partial charge < -0.3 is 9.47 Å². The first kappa shape index (κ1) is 15.8. The van der Waals surface area contributed by atoms with Crippen molar-refractivity contribution >= 4 is 27.3 Å². The van der Waals surface area contributed by atoms with Crippen molar-refractivity contribution in [1.82, 2.24) is 4.72 Å². The van der Waals surface area contributed by atoms with Crippen LogP contribution in [0.15, 0.2) is 39.9 Å². The average Bonchev–Trinajstić information content (AvgIpc) is 3.05. The lowest BCUT2D eigenvalue weighted by atomic mass is 10.2. The van der Waals surface area contributed by atoms with E-state index in [2.05, 4.69) is 4.72 Å². The molecule has 8 heteroatoms. The summed E-state index contributed by atoms with van der Waals surface area (Å²) in [5, 5.41) is 3.85. The van der Waals surface area contributed by atoms with Gasteiger partial charge >= 0.3 is 0 Å². The first-order valence-electron chi connectivity index (χ1n) is 7.01. The molecule has 0 aliphatic carbocycles. The number of benzene rings is 1. The molecule has 1 amide bonds. The Morgan fingerprint density at radius 2 is 1.96 bits per heavy atom. The zero-order chi connectivity index (χ0) is 16.3. The summed E-state index contributed by atoms with van der Waals surface area (Å²) in [4.78, 5) is 11.9. The van der Waals surface area contributed by atoms with Crippen molar-refractivity contribution in [3.63, 3.8) is 0 Å². The molecular weight excluding hydrogens is 338 g/mol. The number of nitrogens with one attached hydrogen (secondary N) is 1. The van der Waals surface area contributed by atoms with E-state index >= 15 is 0 Å². The van der Waals surface area contributed by atoms with Crippen LogP contribution in [0.3, 0.4) is 0 Å². The van der Waals surface area contributed by atoms with Crippen LogP contribution in [0, 0.1) is 0 Å². The minimum absolute atomic E-state index is 0.0226. The molecule has 0 radical (unpaired) electrons. The van der Waals surface area contributed by atoms with Gasteiger partial charge in [-0.2, -0.15) is 11.3 Å². The first-order valence-corrected chi connectivity index (χ1v) is 9.43. The van der Waals surface area contributed by atoms with E-state index in [0.717, 1.165) is 5.56 Å². The molecule has 122 valence electrons. The molecule has 6 nitrogen and oxygen atoms in total. The maximum Gasteiger partial charge on any atom is 0.264 e. The number of aryl methyl sites for hydroxylation is 1. The van der Waals surface area contributed by atoms with Crippen molar-refractivity contribution < 1.29 is 22.7 Å². The normalized spacial score (nSPS) is 13.6. The van der Waals surface area contributed by atoms with E-state index in [0.29, 0.717) is 31.1 Å². The molecule has 23 heavy (non-hydrogen) atoms. The molecule has 1 aliphatic rings. The van der Waals surface area contributed by atoms with E-state index < -0.39 is 15.9 Å². The third kappa shape index (κ3) is 3.83. The van der Waals surface area contributed by atoms with Gasteiger partial charge in [0.2, 0.25) is 5.91 Å². The number of hydrogen-bond donors (Lipinski definition) is 1. The van der Waals surface area contributed by atoms with Crippen molar-refractivity contribution in [2.75, 3.05) is 13.2 Å². The third-order valence-corrected chi connectivity index (χ3v) is 5.40. The number of amides is 1. The largest absolute Gasteiger partial charge is 0.486 e. The van der Waals surface area contributed by atoms with Gasteiger partial charge in [0.05, 0.1) is 4.90 Å². The molecule has 1 aromatic carbocycles. The standard InChI is InChI=1S/C15H15NO5S2/c17-15(4-1-11-5-8-22-10-11)16-23(18,19)12-2-3-13-14(9-12)21-7-6-20-13/h2-3,5,8-10H,1,4,6-7H2,(H,16,17). The van der Waals surface area contributed by atoms with Gasteiger partial charge in [0.15, 0.2) is 11.5 Å². The molecule has 0 atom stereocenters. The van der Waals surface area contributed by atoms with E-state index in [1.54, 1.807) is 0 Å². The van der Waals surface area contributed by atoms with Crippen LogP contribution in [-0.4, -0.2) is 27.5 Å². The Balaban J connectivity index is 1.67. The predicted molar refractivity (Wildman–Crippen MR) is 85.4 cm³/mol. The molecule has 1 aliphatic heterocycles. The van der Waals surface area contributed by atoms with Crippen molar-refractivity contribution in [2.24, 2.45) is 0 Å². The Bertz CT molecular complexity index is 799. The second-order valence-corrected chi connectivity index (χ2v) is 7.43. The van der Waals surface area contributed by atoms with E-state index in [1.165, 1.54) is 29.5 Å². The van der Waals surface area contributed by atoms with Crippen molar-refractivity contribution in [2.45, 2.75) is 17.7 Å². The van der Waals surface area contributed by atoms with Crippen LogP contribution >= 0.6 is 11.3 Å². The molecule has 0 saturated carbocycles. The van der Waals surface area contributed by atoms with Gasteiger partial charge in [0.25, 0.3) is 10.0 Å². The van der Waals surface area contributed by atoms with Gasteiger partial charge in [-0.1, -0.05) is 0 Å². The Morgan fingerprint density at radius 3 is 2.70 bits per heavy atom. The zero-order valence-electron chi connectivity index (χ0n) is 12.2. The van der Waals surface area contributed by atoms with Crippen LogP contribution in [0.1, 0.15) is 12.0 Å². The number of thiophene rings is 1. The smallest absolute Gasteiger partial charge is 0.264 e. The van der Waals surface area contributed by atoms with Crippen molar-refractivity contribution in [1.29, 1.82) is 0 Å². The maximum atomic E-state index is 12.3. The summed E-state index contributed by atoms with van der Waals surface area (Å²) in [6.45, 7) is 0.794. The summed E-state index contributed by atoms with van der Waals surface area (Å²) < 4.78 is 37.3. The summed E-state index contributed by atoms with van der Waals surface area (Å²) in [5.41, 5.74) is 1.02. The van der Waals surface area contributed by atoms with Crippen LogP contribution in [0.25, 0.3) is 0 Å². The van der Waals surface area contributed by atoms with Crippen LogP contribution in [0.5, 0.6) is 11.5 Å². The Labute approximate surface area is 138 Å². The Hall–Kier alpha value is -2.06. The average molecular weight is 353 g/mol. The van der Waals surface area contributed by atoms with E-state index in [9.17, 15) is 13.2 Å². The highest BCUT2D eigenvalue weighted by Crippen LogP contribution is 2.32. The first-order chi connectivity index (χ1) is 11.0. The van der Waals surface area contributed by atoms with Gasteiger partial charge in [-0.3, -0.25) is 4.79 Å². The SMILES string of the molecule is O=C(CCc1ccsc1)NS(=O)(=O)c1ccc2c(c1)OCCO2. The van der Waals surface area contributed by atoms with Gasteiger partial charge in [0, 0.05) is 12.5 Å². The highest BCUT2D eigenvalue weighted by Gasteiger charge is 2.21. The molecule has 0 spiro atoms. The topological polar surface area (TPSA) is 81.7 Å². The summed E-state index contributed by atoms with van der Waals surface area (Å²) >= 11 is 1.54. The molecule has 0 bridgehead atoms. The van der Waals surface area contributed by atoms with Crippen molar-refractivity contribution in [3.05, 3.63) is 40.6 Å². The van der Waals surface area contributed by atoms with E-state index in [-0.39, 0.29) is 11.3 Å². The molecule has 0 fully saturated rings. The second-order valence-electron chi connectivity index (χ2n) is 4.97. The molecule has 0 unspecified atom stereocenters. The summed E-state index contributed by atoms with van der Waals surface area (Å²) in [6, 6.07) is 6.19. The summed E-state index contributed by atoms with van der Waals surface area (Å²) in [6.07, 6.45) is 0.618. The molecular formula is C15H15NO5S2. The summed E-state index contributed by atoms with van der Waals surface area (Å²) in [7, 11) is -3.92. The van der Waals surface area contributed by atoms with Gasteiger partial charge in [-0.05, 0) is 40.9 Å². The number of carbonyl (C=O) groups is 1. The molecule has 1 N–H and O–H groups in total. The fourth-order valence-electron chi connectivity index (χ4n) is 2.14. The number of ether oxygens (including phenoxy) is 2. The fourth-order valence-corrected chi connectivity index (χ4v) is 3.88. The quantitative estimate of drug-likeness (QED) is 0.889.